The van der Waals surface area contributed by atoms with E-state index in [2.05, 4.69) is 21.7 Å². The molecule has 2 N–H and O–H groups in total. The minimum absolute atomic E-state index is 0.185. The first-order chi connectivity index (χ1) is 8.99. The predicted octanol–water partition coefficient (Wildman–Crippen LogP) is 3.85. The van der Waals surface area contributed by atoms with Gasteiger partial charge in [0.05, 0.1) is 0 Å². The molecular formula is C15H19FN2S. The first kappa shape index (κ1) is 14.0. The van der Waals surface area contributed by atoms with Crippen LogP contribution in [0.5, 0.6) is 0 Å². The summed E-state index contributed by atoms with van der Waals surface area (Å²) in [4.78, 5) is 2.12. The van der Waals surface area contributed by atoms with Crippen molar-refractivity contribution >= 4 is 17.0 Å². The summed E-state index contributed by atoms with van der Waals surface area (Å²) in [5, 5.41) is 4.18. The van der Waals surface area contributed by atoms with Crippen molar-refractivity contribution in [3.05, 3.63) is 51.5 Å². The molecule has 1 heterocycles. The van der Waals surface area contributed by atoms with E-state index < -0.39 is 0 Å². The average molecular weight is 278 g/mol. The highest BCUT2D eigenvalue weighted by Gasteiger charge is 2.14. The van der Waals surface area contributed by atoms with Gasteiger partial charge in [-0.25, -0.2) is 4.39 Å². The number of benzene rings is 1. The molecule has 0 saturated carbocycles. The SMILES string of the molecule is Cc1cc(N(C)Cc2ccsc2)c([C@@H](C)N)cc1F. The van der Waals surface area contributed by atoms with Crippen molar-refractivity contribution in [1.82, 2.24) is 0 Å². The molecule has 0 bridgehead atoms. The maximum absolute atomic E-state index is 13.7. The minimum Gasteiger partial charge on any atom is -0.370 e. The van der Waals surface area contributed by atoms with Crippen molar-refractivity contribution in [2.75, 3.05) is 11.9 Å². The molecule has 19 heavy (non-hydrogen) atoms. The van der Waals surface area contributed by atoms with Crippen LogP contribution in [0.4, 0.5) is 10.1 Å². The van der Waals surface area contributed by atoms with Crippen LogP contribution in [-0.2, 0) is 6.54 Å². The fourth-order valence-corrected chi connectivity index (χ4v) is 2.78. The van der Waals surface area contributed by atoms with Crippen LogP contribution in [-0.4, -0.2) is 7.05 Å². The summed E-state index contributed by atoms with van der Waals surface area (Å²) in [6.45, 7) is 4.46. The Bertz CT molecular complexity index is 550. The molecule has 102 valence electrons. The quantitative estimate of drug-likeness (QED) is 0.920. The highest BCUT2D eigenvalue weighted by Crippen LogP contribution is 2.28. The van der Waals surface area contributed by atoms with Crippen LogP contribution in [0.1, 0.15) is 29.7 Å². The molecule has 0 aliphatic heterocycles. The van der Waals surface area contributed by atoms with Crippen molar-refractivity contribution in [3.8, 4) is 0 Å². The van der Waals surface area contributed by atoms with Crippen LogP contribution in [0.2, 0.25) is 0 Å². The van der Waals surface area contributed by atoms with Gasteiger partial charge in [0.25, 0.3) is 0 Å². The molecule has 4 heteroatoms. The van der Waals surface area contributed by atoms with E-state index in [1.54, 1.807) is 24.3 Å². The molecule has 2 rings (SSSR count). The lowest BCUT2D eigenvalue weighted by Crippen LogP contribution is -2.20. The van der Waals surface area contributed by atoms with E-state index in [0.717, 1.165) is 17.8 Å². The summed E-state index contributed by atoms with van der Waals surface area (Å²) in [7, 11) is 2.01. The van der Waals surface area contributed by atoms with Gasteiger partial charge < -0.3 is 10.6 Å². The summed E-state index contributed by atoms with van der Waals surface area (Å²) in [6, 6.07) is 5.35. The number of halogens is 1. The Labute approximate surface area is 117 Å². The molecule has 2 aromatic rings. The van der Waals surface area contributed by atoms with E-state index in [1.165, 1.54) is 5.56 Å². The van der Waals surface area contributed by atoms with E-state index in [0.29, 0.717) is 5.56 Å². The number of nitrogens with two attached hydrogens (primary N) is 1. The Hall–Kier alpha value is -1.39. The fourth-order valence-electron chi connectivity index (χ4n) is 2.12. The maximum Gasteiger partial charge on any atom is 0.126 e. The number of nitrogens with zero attached hydrogens (tertiary/aromatic N) is 1. The van der Waals surface area contributed by atoms with Gasteiger partial charge >= 0.3 is 0 Å². The van der Waals surface area contributed by atoms with Crippen molar-refractivity contribution in [3.63, 3.8) is 0 Å². The lowest BCUT2D eigenvalue weighted by atomic mass is 10.0. The minimum atomic E-state index is -0.194. The molecule has 0 unspecified atom stereocenters. The first-order valence-corrected chi connectivity index (χ1v) is 7.21. The summed E-state index contributed by atoms with van der Waals surface area (Å²) < 4.78 is 13.7. The highest BCUT2D eigenvalue weighted by molar-refractivity contribution is 7.07. The van der Waals surface area contributed by atoms with Gasteiger partial charge in [-0.3, -0.25) is 0 Å². The van der Waals surface area contributed by atoms with Crippen LogP contribution >= 0.6 is 11.3 Å². The van der Waals surface area contributed by atoms with Crippen LogP contribution in [0, 0.1) is 12.7 Å². The van der Waals surface area contributed by atoms with Crippen molar-refractivity contribution in [2.45, 2.75) is 26.4 Å². The van der Waals surface area contributed by atoms with Gasteiger partial charge in [-0.2, -0.15) is 11.3 Å². The number of aryl methyl sites for hydroxylation is 1. The van der Waals surface area contributed by atoms with Crippen LogP contribution in [0.3, 0.4) is 0 Å². The highest BCUT2D eigenvalue weighted by atomic mass is 32.1. The second-order valence-electron chi connectivity index (χ2n) is 4.94. The van der Waals surface area contributed by atoms with E-state index >= 15 is 0 Å². The van der Waals surface area contributed by atoms with Crippen molar-refractivity contribution in [2.24, 2.45) is 5.73 Å². The molecule has 0 amide bonds. The van der Waals surface area contributed by atoms with Crippen LogP contribution in [0.25, 0.3) is 0 Å². The summed E-state index contributed by atoms with van der Waals surface area (Å²) in [5.41, 5.74) is 9.71. The average Bonchev–Trinajstić information content (AvgIpc) is 2.84. The molecule has 1 aromatic heterocycles. The normalized spacial score (nSPS) is 12.5. The van der Waals surface area contributed by atoms with E-state index in [9.17, 15) is 4.39 Å². The molecule has 2 nitrogen and oxygen atoms in total. The Morgan fingerprint density at radius 1 is 1.42 bits per heavy atom. The number of hydrogen-bond donors (Lipinski definition) is 1. The standard InChI is InChI=1S/C15H19FN2S/c1-10-6-15(13(11(2)17)7-14(10)16)18(3)8-12-4-5-19-9-12/h4-7,9,11H,8,17H2,1-3H3/t11-/m1/s1. The summed E-state index contributed by atoms with van der Waals surface area (Å²) in [6.07, 6.45) is 0. The maximum atomic E-state index is 13.7. The zero-order chi connectivity index (χ0) is 14.0. The third-order valence-electron chi connectivity index (χ3n) is 3.21. The fraction of sp³-hybridized carbons (Fsp3) is 0.333. The zero-order valence-electron chi connectivity index (χ0n) is 11.5. The number of hydrogen-bond acceptors (Lipinski definition) is 3. The molecule has 1 atom stereocenters. The van der Waals surface area contributed by atoms with Gasteiger partial charge in [-0.05, 0) is 59.5 Å². The number of rotatable bonds is 4. The number of thiophene rings is 1. The third-order valence-corrected chi connectivity index (χ3v) is 3.94. The Kier molecular flexibility index (Phi) is 4.22. The van der Waals surface area contributed by atoms with Crippen molar-refractivity contribution < 1.29 is 4.39 Å². The van der Waals surface area contributed by atoms with E-state index in [1.807, 2.05) is 20.0 Å². The second kappa shape index (κ2) is 5.72. The van der Waals surface area contributed by atoms with E-state index in [4.69, 9.17) is 5.73 Å². The Morgan fingerprint density at radius 3 is 2.74 bits per heavy atom. The molecular weight excluding hydrogens is 259 g/mol. The predicted molar refractivity (Wildman–Crippen MR) is 80.2 cm³/mol. The summed E-state index contributed by atoms with van der Waals surface area (Å²) in [5.74, 6) is -0.194. The van der Waals surface area contributed by atoms with E-state index in [-0.39, 0.29) is 11.9 Å². The van der Waals surface area contributed by atoms with Crippen molar-refractivity contribution in [1.29, 1.82) is 0 Å². The largest absolute Gasteiger partial charge is 0.370 e. The Balaban J connectivity index is 2.34. The van der Waals surface area contributed by atoms with Gasteiger partial charge in [0.15, 0.2) is 0 Å². The Morgan fingerprint density at radius 2 is 2.16 bits per heavy atom. The molecule has 1 aromatic carbocycles. The van der Waals surface area contributed by atoms with Crippen LogP contribution < -0.4 is 10.6 Å². The monoisotopic (exact) mass is 278 g/mol. The third kappa shape index (κ3) is 3.14. The molecule has 0 spiro atoms. The van der Waals surface area contributed by atoms with Gasteiger partial charge in [-0.15, -0.1) is 0 Å². The van der Waals surface area contributed by atoms with Gasteiger partial charge in [0.2, 0.25) is 0 Å². The summed E-state index contributed by atoms with van der Waals surface area (Å²) >= 11 is 1.68. The van der Waals surface area contributed by atoms with Gasteiger partial charge in [0.1, 0.15) is 5.82 Å². The molecule has 0 aliphatic rings. The van der Waals surface area contributed by atoms with Crippen LogP contribution in [0.15, 0.2) is 29.0 Å². The first-order valence-electron chi connectivity index (χ1n) is 6.27. The lowest BCUT2D eigenvalue weighted by molar-refractivity contribution is 0.612. The molecule has 0 radical (unpaired) electrons. The van der Waals surface area contributed by atoms with Gasteiger partial charge in [0, 0.05) is 25.3 Å². The molecule has 0 fully saturated rings. The number of anilines is 1. The second-order valence-corrected chi connectivity index (χ2v) is 5.72. The lowest BCUT2D eigenvalue weighted by Gasteiger charge is -2.24. The smallest absolute Gasteiger partial charge is 0.126 e. The van der Waals surface area contributed by atoms with Gasteiger partial charge in [-0.1, -0.05) is 0 Å². The zero-order valence-corrected chi connectivity index (χ0v) is 12.3. The topological polar surface area (TPSA) is 29.3 Å². The molecule has 0 saturated heterocycles. The molecule has 0 aliphatic carbocycles.